The normalized spacial score (nSPS) is 14.3. The van der Waals surface area contributed by atoms with Gasteiger partial charge in [0.25, 0.3) is 0 Å². The first-order valence-corrected chi connectivity index (χ1v) is 9.37. The van der Waals surface area contributed by atoms with Crippen LogP contribution < -0.4 is 0 Å². The van der Waals surface area contributed by atoms with Gasteiger partial charge >= 0.3 is 0 Å². The van der Waals surface area contributed by atoms with Gasteiger partial charge in [-0.15, -0.1) is 0 Å². The minimum Gasteiger partial charge on any atom is -0.339 e. The number of hydrogen-bond acceptors (Lipinski definition) is 2. The van der Waals surface area contributed by atoms with Crippen molar-refractivity contribution in [2.75, 3.05) is 26.2 Å². The largest absolute Gasteiger partial charge is 0.339 e. The molecular formula is C22H25FN2O2. The van der Waals surface area contributed by atoms with Gasteiger partial charge in [0.1, 0.15) is 5.82 Å². The number of piperazine rings is 1. The van der Waals surface area contributed by atoms with Crippen LogP contribution >= 0.6 is 0 Å². The zero-order chi connectivity index (χ0) is 19.2. The molecule has 2 aromatic rings. The first-order chi connectivity index (χ1) is 13.0. The van der Waals surface area contributed by atoms with Crippen molar-refractivity contribution in [1.82, 2.24) is 9.80 Å². The number of benzene rings is 2. The van der Waals surface area contributed by atoms with Crippen molar-refractivity contribution < 1.29 is 14.0 Å². The number of rotatable bonds is 5. The molecule has 0 atom stereocenters. The van der Waals surface area contributed by atoms with Crippen LogP contribution in [0.3, 0.4) is 0 Å². The predicted molar refractivity (Wildman–Crippen MR) is 103 cm³/mol. The third kappa shape index (κ3) is 5.39. The molecule has 1 aliphatic heterocycles. The van der Waals surface area contributed by atoms with E-state index in [1.54, 1.807) is 17.0 Å². The van der Waals surface area contributed by atoms with Gasteiger partial charge in [0.05, 0.1) is 6.42 Å². The van der Waals surface area contributed by atoms with Crippen molar-refractivity contribution >= 4 is 11.8 Å². The van der Waals surface area contributed by atoms with Crippen LogP contribution in [0.4, 0.5) is 4.39 Å². The molecule has 3 rings (SSSR count). The standard InChI is InChI=1S/C22H25FN2O2/c1-17-4-2-5-18(14-17)8-9-21(26)24-10-12-25(13-11-24)22(27)16-19-6-3-7-20(23)15-19/h2-7,14-15H,8-13,16H2,1H3. The van der Waals surface area contributed by atoms with Gasteiger partial charge in [-0.2, -0.15) is 0 Å². The predicted octanol–water partition coefficient (Wildman–Crippen LogP) is 2.98. The summed E-state index contributed by atoms with van der Waals surface area (Å²) in [6.45, 7) is 4.23. The highest BCUT2D eigenvalue weighted by atomic mass is 19.1. The summed E-state index contributed by atoms with van der Waals surface area (Å²) in [6, 6.07) is 14.3. The smallest absolute Gasteiger partial charge is 0.227 e. The molecule has 0 saturated carbocycles. The number of amides is 2. The van der Waals surface area contributed by atoms with Crippen LogP contribution in [-0.4, -0.2) is 47.8 Å². The Hall–Kier alpha value is -2.69. The second-order valence-electron chi connectivity index (χ2n) is 7.06. The summed E-state index contributed by atoms with van der Waals surface area (Å²) in [5.74, 6) is -0.217. The lowest BCUT2D eigenvalue weighted by Gasteiger charge is -2.35. The quantitative estimate of drug-likeness (QED) is 0.814. The third-order valence-electron chi connectivity index (χ3n) is 4.94. The average Bonchev–Trinajstić information content (AvgIpc) is 2.66. The zero-order valence-corrected chi connectivity index (χ0v) is 15.7. The van der Waals surface area contributed by atoms with E-state index in [0.29, 0.717) is 38.2 Å². The topological polar surface area (TPSA) is 40.6 Å². The molecule has 0 bridgehead atoms. The molecular weight excluding hydrogens is 343 g/mol. The number of halogens is 1. The van der Waals surface area contributed by atoms with Crippen molar-refractivity contribution in [3.63, 3.8) is 0 Å². The van der Waals surface area contributed by atoms with Crippen molar-refractivity contribution in [3.05, 3.63) is 71.0 Å². The molecule has 0 unspecified atom stereocenters. The molecule has 0 radical (unpaired) electrons. The molecule has 2 aromatic carbocycles. The van der Waals surface area contributed by atoms with Crippen LogP contribution in [0.2, 0.25) is 0 Å². The molecule has 4 nitrogen and oxygen atoms in total. The fraction of sp³-hybridized carbons (Fsp3) is 0.364. The van der Waals surface area contributed by atoms with Gasteiger partial charge in [-0.05, 0) is 36.6 Å². The molecule has 0 aromatic heterocycles. The van der Waals surface area contributed by atoms with E-state index in [-0.39, 0.29) is 24.1 Å². The Morgan fingerprint density at radius 3 is 2.19 bits per heavy atom. The van der Waals surface area contributed by atoms with Crippen LogP contribution in [0.5, 0.6) is 0 Å². The van der Waals surface area contributed by atoms with E-state index < -0.39 is 0 Å². The second kappa shape index (κ2) is 8.80. The maximum Gasteiger partial charge on any atom is 0.227 e. The van der Waals surface area contributed by atoms with E-state index in [1.807, 2.05) is 30.0 Å². The summed E-state index contributed by atoms with van der Waals surface area (Å²) in [6.07, 6.45) is 1.42. The van der Waals surface area contributed by atoms with Crippen LogP contribution in [-0.2, 0) is 22.4 Å². The Balaban J connectivity index is 1.45. The molecule has 27 heavy (non-hydrogen) atoms. The van der Waals surface area contributed by atoms with E-state index in [1.165, 1.54) is 23.3 Å². The van der Waals surface area contributed by atoms with E-state index in [2.05, 4.69) is 6.07 Å². The van der Waals surface area contributed by atoms with Crippen molar-refractivity contribution in [2.45, 2.75) is 26.2 Å². The van der Waals surface area contributed by atoms with E-state index in [4.69, 9.17) is 0 Å². The van der Waals surface area contributed by atoms with Gasteiger partial charge < -0.3 is 9.80 Å². The van der Waals surface area contributed by atoms with Gasteiger partial charge in [-0.3, -0.25) is 9.59 Å². The van der Waals surface area contributed by atoms with Gasteiger partial charge in [0.2, 0.25) is 11.8 Å². The first-order valence-electron chi connectivity index (χ1n) is 9.37. The molecule has 1 saturated heterocycles. The maximum absolute atomic E-state index is 13.2. The first kappa shape index (κ1) is 19.1. The fourth-order valence-corrected chi connectivity index (χ4v) is 3.42. The Morgan fingerprint density at radius 1 is 0.889 bits per heavy atom. The summed E-state index contributed by atoms with van der Waals surface area (Å²) < 4.78 is 13.2. The van der Waals surface area contributed by atoms with Crippen LogP contribution in [0, 0.1) is 12.7 Å². The number of carbonyl (C=O) groups is 2. The Labute approximate surface area is 159 Å². The van der Waals surface area contributed by atoms with Crippen LogP contribution in [0.1, 0.15) is 23.1 Å². The van der Waals surface area contributed by atoms with Crippen LogP contribution in [0.25, 0.3) is 0 Å². The molecule has 1 fully saturated rings. The van der Waals surface area contributed by atoms with Crippen molar-refractivity contribution in [1.29, 1.82) is 0 Å². The lowest BCUT2D eigenvalue weighted by molar-refractivity contribution is -0.139. The fourth-order valence-electron chi connectivity index (χ4n) is 3.42. The van der Waals surface area contributed by atoms with Gasteiger partial charge in [-0.1, -0.05) is 42.0 Å². The summed E-state index contributed by atoms with van der Waals surface area (Å²) in [5.41, 5.74) is 3.05. The summed E-state index contributed by atoms with van der Waals surface area (Å²) >= 11 is 0. The molecule has 1 aliphatic rings. The Kier molecular flexibility index (Phi) is 6.22. The lowest BCUT2D eigenvalue weighted by atomic mass is 10.1. The highest BCUT2D eigenvalue weighted by Gasteiger charge is 2.24. The molecule has 0 aliphatic carbocycles. The van der Waals surface area contributed by atoms with E-state index in [0.717, 1.165) is 6.42 Å². The summed E-state index contributed by atoms with van der Waals surface area (Å²) in [7, 11) is 0. The van der Waals surface area contributed by atoms with Gasteiger partial charge in [0.15, 0.2) is 0 Å². The van der Waals surface area contributed by atoms with Crippen LogP contribution in [0.15, 0.2) is 48.5 Å². The third-order valence-corrected chi connectivity index (χ3v) is 4.94. The minimum atomic E-state index is -0.329. The van der Waals surface area contributed by atoms with Gasteiger partial charge in [0, 0.05) is 32.6 Å². The number of nitrogens with zero attached hydrogens (tertiary/aromatic N) is 2. The summed E-state index contributed by atoms with van der Waals surface area (Å²) in [4.78, 5) is 28.4. The monoisotopic (exact) mass is 368 g/mol. The second-order valence-corrected chi connectivity index (χ2v) is 7.06. The lowest BCUT2D eigenvalue weighted by Crippen LogP contribution is -2.51. The highest BCUT2D eigenvalue weighted by molar-refractivity contribution is 5.80. The van der Waals surface area contributed by atoms with Crippen molar-refractivity contribution in [2.24, 2.45) is 0 Å². The highest BCUT2D eigenvalue weighted by Crippen LogP contribution is 2.11. The molecule has 2 amide bonds. The Morgan fingerprint density at radius 2 is 1.52 bits per heavy atom. The average molecular weight is 368 g/mol. The molecule has 0 N–H and O–H groups in total. The number of hydrogen-bond donors (Lipinski definition) is 0. The van der Waals surface area contributed by atoms with Gasteiger partial charge in [-0.25, -0.2) is 4.39 Å². The maximum atomic E-state index is 13.2. The SMILES string of the molecule is Cc1cccc(CCC(=O)N2CCN(C(=O)Cc3cccc(F)c3)CC2)c1. The zero-order valence-electron chi connectivity index (χ0n) is 15.7. The molecule has 5 heteroatoms. The Bertz CT molecular complexity index is 813. The molecule has 0 spiro atoms. The van der Waals surface area contributed by atoms with Crippen molar-refractivity contribution in [3.8, 4) is 0 Å². The number of carbonyl (C=O) groups excluding carboxylic acids is 2. The molecule has 142 valence electrons. The minimum absolute atomic E-state index is 0.0209. The molecule has 1 heterocycles. The number of aryl methyl sites for hydroxylation is 2. The summed E-state index contributed by atoms with van der Waals surface area (Å²) in [5, 5.41) is 0. The van der Waals surface area contributed by atoms with E-state index in [9.17, 15) is 14.0 Å². The van der Waals surface area contributed by atoms with E-state index >= 15 is 0 Å².